The van der Waals surface area contributed by atoms with E-state index in [2.05, 4.69) is 174 Å². The van der Waals surface area contributed by atoms with E-state index in [1.807, 2.05) is 0 Å². The van der Waals surface area contributed by atoms with Crippen LogP contribution in [0.5, 0.6) is 5.75 Å². The average molecular weight is 620 g/mol. The van der Waals surface area contributed by atoms with Gasteiger partial charge in [-0.1, -0.05) is 146 Å². The van der Waals surface area contributed by atoms with Gasteiger partial charge in [-0.05, 0) is 62.4 Å². The average Bonchev–Trinajstić information content (AvgIpc) is 3.46. The van der Waals surface area contributed by atoms with Crippen molar-refractivity contribution in [3.05, 3.63) is 197 Å². The first-order valence-corrected chi connectivity index (χ1v) is 16.8. The summed E-state index contributed by atoms with van der Waals surface area (Å²) < 4.78 is 6.68. The van der Waals surface area contributed by atoms with Crippen LogP contribution in [-0.2, 0) is 5.41 Å². The Morgan fingerprint density at radius 3 is 2.29 bits per heavy atom. The highest BCUT2D eigenvalue weighted by Crippen LogP contribution is 2.62. The lowest BCUT2D eigenvalue weighted by Crippen LogP contribution is -2.48. The molecule has 2 heterocycles. The molecule has 0 amide bonds. The van der Waals surface area contributed by atoms with Gasteiger partial charge in [0, 0.05) is 17.0 Å². The smallest absolute Gasteiger partial charge is 0.131 e. The minimum atomic E-state index is -0.397. The zero-order valence-corrected chi connectivity index (χ0v) is 26.3. The zero-order valence-electron chi connectivity index (χ0n) is 26.3. The molecule has 0 saturated carbocycles. The van der Waals surface area contributed by atoms with Gasteiger partial charge in [0.15, 0.2) is 0 Å². The number of nitrogens with zero attached hydrogens (tertiary/aromatic N) is 1. The molecule has 0 fully saturated rings. The topological polar surface area (TPSA) is 45.6 Å². The summed E-state index contributed by atoms with van der Waals surface area (Å²) in [5.74, 6) is 1.94. The molecule has 2 aliphatic carbocycles. The Morgan fingerprint density at radius 2 is 1.38 bits per heavy atom. The van der Waals surface area contributed by atoms with Crippen molar-refractivity contribution < 1.29 is 4.74 Å². The number of amidine groups is 1. The number of nitrogens with one attached hydrogen (secondary N) is 2. The maximum Gasteiger partial charge on any atom is 0.131 e. The third-order valence-electron chi connectivity index (χ3n) is 10.6. The van der Waals surface area contributed by atoms with Crippen molar-refractivity contribution >= 4 is 16.6 Å². The second-order valence-electron chi connectivity index (χ2n) is 13.1. The third-order valence-corrected chi connectivity index (χ3v) is 10.6. The summed E-state index contributed by atoms with van der Waals surface area (Å²) in [6.45, 7) is 0. The van der Waals surface area contributed by atoms with Crippen LogP contribution in [0, 0.1) is 5.92 Å². The van der Waals surface area contributed by atoms with Gasteiger partial charge in [0.1, 0.15) is 30.0 Å². The minimum absolute atomic E-state index is 0.0624. The van der Waals surface area contributed by atoms with Crippen molar-refractivity contribution in [2.24, 2.45) is 10.9 Å². The third kappa shape index (κ3) is 3.96. The number of allylic oxidation sites excluding steroid dienone is 2. The molecule has 0 aromatic heterocycles. The van der Waals surface area contributed by atoms with E-state index in [1.54, 1.807) is 0 Å². The van der Waals surface area contributed by atoms with E-state index < -0.39 is 5.41 Å². The van der Waals surface area contributed by atoms with Crippen LogP contribution in [0.2, 0.25) is 0 Å². The molecule has 5 unspecified atom stereocenters. The van der Waals surface area contributed by atoms with Crippen molar-refractivity contribution in [2.45, 2.75) is 23.9 Å². The van der Waals surface area contributed by atoms with Crippen LogP contribution in [-0.4, -0.2) is 11.9 Å². The molecule has 0 saturated heterocycles. The number of rotatable bonds is 3. The van der Waals surface area contributed by atoms with E-state index in [0.29, 0.717) is 0 Å². The lowest BCUT2D eigenvalue weighted by atomic mass is 9.60. The second-order valence-corrected chi connectivity index (χ2v) is 13.1. The van der Waals surface area contributed by atoms with Crippen molar-refractivity contribution in [3.8, 4) is 16.9 Å². The summed E-state index contributed by atoms with van der Waals surface area (Å²) in [5.41, 5.74) is 9.45. The molecular weight excluding hydrogens is 587 g/mol. The van der Waals surface area contributed by atoms with Crippen LogP contribution in [0.25, 0.3) is 21.9 Å². The van der Waals surface area contributed by atoms with E-state index in [4.69, 9.17) is 9.73 Å². The molecule has 4 nitrogen and oxygen atoms in total. The lowest BCUT2D eigenvalue weighted by molar-refractivity contribution is 0.141. The first-order valence-electron chi connectivity index (χ1n) is 16.8. The van der Waals surface area contributed by atoms with Crippen LogP contribution in [0.3, 0.4) is 0 Å². The summed E-state index contributed by atoms with van der Waals surface area (Å²) in [6.07, 6.45) is 8.40. The highest BCUT2D eigenvalue weighted by molar-refractivity contribution is 6.03. The summed E-state index contributed by atoms with van der Waals surface area (Å²) >= 11 is 0. The maximum absolute atomic E-state index is 6.68. The van der Waals surface area contributed by atoms with Crippen LogP contribution < -0.4 is 15.4 Å². The SMILES string of the molecule is C1=CC2Oc3ccccc3C3(c4ccccc4-c4c(C5NC(c6ccc7ccccc7c6)=NC(c6ccccc6)N5)cccc43)C2C=C1. The molecule has 230 valence electrons. The summed E-state index contributed by atoms with van der Waals surface area (Å²) in [6, 6.07) is 50.2. The molecule has 48 heavy (non-hydrogen) atoms. The van der Waals surface area contributed by atoms with Gasteiger partial charge in [0.05, 0.1) is 5.41 Å². The number of fused-ring (bicyclic) bond motifs is 10. The van der Waals surface area contributed by atoms with E-state index in [9.17, 15) is 0 Å². The number of ether oxygens (including phenoxy) is 1. The van der Waals surface area contributed by atoms with Crippen molar-refractivity contribution in [1.29, 1.82) is 0 Å². The van der Waals surface area contributed by atoms with Gasteiger partial charge in [-0.3, -0.25) is 5.32 Å². The van der Waals surface area contributed by atoms with Crippen molar-refractivity contribution in [1.82, 2.24) is 10.6 Å². The van der Waals surface area contributed by atoms with Gasteiger partial charge < -0.3 is 10.1 Å². The molecule has 0 bridgehead atoms. The fraction of sp³-hybridized carbons (Fsp3) is 0.114. The number of benzene rings is 6. The molecule has 2 N–H and O–H groups in total. The number of hydrogen-bond donors (Lipinski definition) is 2. The van der Waals surface area contributed by atoms with Gasteiger partial charge in [-0.2, -0.15) is 0 Å². The Hall–Kier alpha value is -5.71. The summed E-state index contributed by atoms with van der Waals surface area (Å²) in [5, 5.41) is 10.2. The van der Waals surface area contributed by atoms with Crippen LogP contribution in [0.4, 0.5) is 0 Å². The molecule has 5 atom stereocenters. The standard InChI is InChI=1S/C44H33N3O/c1-2-14-29(15-3-1)41-45-42(31-26-25-28-13-4-5-16-30(28)27-31)47-43(46-41)33-18-12-22-37-40(33)32-17-6-7-19-34(32)44(37)35-20-8-10-23-38(35)48-39-24-11-9-21-36(39)44/h1-27,35,38,41,43,46H,(H,45,47). The van der Waals surface area contributed by atoms with Gasteiger partial charge in [0.25, 0.3) is 0 Å². The molecule has 0 radical (unpaired) electrons. The minimum Gasteiger partial charge on any atom is -0.485 e. The zero-order chi connectivity index (χ0) is 31.7. The van der Waals surface area contributed by atoms with E-state index >= 15 is 0 Å². The first kappa shape index (κ1) is 27.4. The maximum atomic E-state index is 6.68. The normalized spacial score (nSPS) is 24.5. The largest absolute Gasteiger partial charge is 0.485 e. The van der Waals surface area contributed by atoms with Crippen LogP contribution in [0.15, 0.2) is 169 Å². The number of aliphatic imine (C=N–C) groups is 1. The van der Waals surface area contributed by atoms with Crippen molar-refractivity contribution in [2.75, 3.05) is 0 Å². The molecule has 4 aliphatic rings. The molecule has 1 spiro atoms. The molecule has 2 aliphatic heterocycles. The van der Waals surface area contributed by atoms with E-state index in [1.165, 1.54) is 44.2 Å². The molecule has 6 aromatic carbocycles. The number of para-hydroxylation sites is 1. The monoisotopic (exact) mass is 619 g/mol. The van der Waals surface area contributed by atoms with Gasteiger partial charge in [-0.25, -0.2) is 4.99 Å². The fourth-order valence-electron chi connectivity index (χ4n) is 8.60. The molecule has 10 rings (SSSR count). The van der Waals surface area contributed by atoms with Crippen LogP contribution >= 0.6 is 0 Å². The van der Waals surface area contributed by atoms with Crippen LogP contribution in [0.1, 0.15) is 45.7 Å². The molecule has 6 aromatic rings. The Balaban J connectivity index is 1.18. The number of hydrogen-bond acceptors (Lipinski definition) is 4. The summed E-state index contributed by atoms with van der Waals surface area (Å²) in [7, 11) is 0. The Labute approximate surface area is 280 Å². The van der Waals surface area contributed by atoms with Gasteiger partial charge in [0.2, 0.25) is 0 Å². The molecule has 4 heteroatoms. The van der Waals surface area contributed by atoms with E-state index in [-0.39, 0.29) is 24.4 Å². The summed E-state index contributed by atoms with van der Waals surface area (Å²) in [4.78, 5) is 5.27. The predicted molar refractivity (Wildman–Crippen MR) is 193 cm³/mol. The van der Waals surface area contributed by atoms with Crippen molar-refractivity contribution in [3.63, 3.8) is 0 Å². The highest BCUT2D eigenvalue weighted by Gasteiger charge is 2.56. The Kier molecular flexibility index (Phi) is 6.09. The fourth-order valence-corrected chi connectivity index (χ4v) is 8.60. The van der Waals surface area contributed by atoms with Gasteiger partial charge in [-0.15, -0.1) is 0 Å². The van der Waals surface area contributed by atoms with Gasteiger partial charge >= 0.3 is 0 Å². The quantitative estimate of drug-likeness (QED) is 0.208. The first-order chi connectivity index (χ1) is 23.8. The Morgan fingerprint density at radius 1 is 0.625 bits per heavy atom. The highest BCUT2D eigenvalue weighted by atomic mass is 16.5. The Bertz CT molecular complexity index is 2320. The van der Waals surface area contributed by atoms with E-state index in [0.717, 1.165) is 22.7 Å². The lowest BCUT2D eigenvalue weighted by Gasteiger charge is -2.47. The predicted octanol–water partition coefficient (Wildman–Crippen LogP) is 8.99. The molecular formula is C44H33N3O. The second kappa shape index (κ2) is 10.7.